The van der Waals surface area contributed by atoms with Crippen LogP contribution in [-0.4, -0.2) is 31.1 Å². The maximum absolute atomic E-state index is 12.4. The molecule has 1 aliphatic heterocycles. The van der Waals surface area contributed by atoms with Gasteiger partial charge in [0.2, 0.25) is 10.0 Å². The van der Waals surface area contributed by atoms with E-state index in [1.807, 2.05) is 25.1 Å². The maximum atomic E-state index is 12.4. The summed E-state index contributed by atoms with van der Waals surface area (Å²) in [6.07, 6.45) is 1.35. The minimum atomic E-state index is -3.26. The number of nitrogens with zero attached hydrogens (tertiary/aromatic N) is 1. The number of hydrogen-bond acceptors (Lipinski definition) is 3. The van der Waals surface area contributed by atoms with Crippen LogP contribution in [0.15, 0.2) is 24.3 Å². The van der Waals surface area contributed by atoms with Gasteiger partial charge < -0.3 is 5.73 Å². The van der Waals surface area contributed by atoms with Gasteiger partial charge in [0.05, 0.1) is 5.25 Å². The Hall–Kier alpha value is -0.910. The summed E-state index contributed by atoms with van der Waals surface area (Å²) >= 11 is 0. The second kappa shape index (κ2) is 5.38. The highest BCUT2D eigenvalue weighted by molar-refractivity contribution is 7.89. The van der Waals surface area contributed by atoms with E-state index >= 15 is 0 Å². The first kappa shape index (κ1) is 13.5. The number of hydrogen-bond donors (Lipinski definition) is 1. The van der Waals surface area contributed by atoms with Crippen molar-refractivity contribution in [3.63, 3.8) is 0 Å². The molecule has 100 valence electrons. The Kier molecular flexibility index (Phi) is 4.04. The molecule has 1 aromatic rings. The van der Waals surface area contributed by atoms with Crippen molar-refractivity contribution >= 4 is 10.0 Å². The Morgan fingerprint density at radius 1 is 1.33 bits per heavy atom. The third-order valence-electron chi connectivity index (χ3n) is 3.59. The molecule has 1 heterocycles. The number of nitrogens with two attached hydrogens (primary N) is 1. The van der Waals surface area contributed by atoms with Crippen LogP contribution >= 0.6 is 0 Å². The highest BCUT2D eigenvalue weighted by atomic mass is 32.2. The van der Waals surface area contributed by atoms with Gasteiger partial charge in [-0.15, -0.1) is 0 Å². The minimum Gasteiger partial charge on any atom is -0.329 e. The van der Waals surface area contributed by atoms with Crippen LogP contribution in [0.3, 0.4) is 0 Å². The minimum absolute atomic E-state index is 0.191. The summed E-state index contributed by atoms with van der Waals surface area (Å²) in [5.41, 5.74) is 7.93. The fourth-order valence-electron chi connectivity index (χ4n) is 2.40. The summed E-state index contributed by atoms with van der Waals surface area (Å²) in [6.45, 7) is 3.11. The summed E-state index contributed by atoms with van der Waals surface area (Å²) in [5.74, 6) is 0. The molecule has 2 N–H and O–H groups in total. The topological polar surface area (TPSA) is 63.4 Å². The third-order valence-corrected chi connectivity index (χ3v) is 5.99. The zero-order valence-electron chi connectivity index (χ0n) is 10.7. The van der Waals surface area contributed by atoms with E-state index in [-0.39, 0.29) is 6.54 Å². The van der Waals surface area contributed by atoms with Crippen molar-refractivity contribution in [2.45, 2.75) is 31.6 Å². The van der Waals surface area contributed by atoms with E-state index in [1.54, 1.807) is 4.31 Å². The van der Waals surface area contributed by atoms with Crippen LogP contribution in [0.5, 0.6) is 0 Å². The highest BCUT2D eigenvalue weighted by Gasteiger charge is 2.32. The molecule has 0 amide bonds. The predicted molar refractivity (Wildman–Crippen MR) is 72.6 cm³/mol. The lowest BCUT2D eigenvalue weighted by Crippen LogP contribution is -2.44. The zero-order chi connectivity index (χ0) is 13.2. The van der Waals surface area contributed by atoms with Crippen molar-refractivity contribution in [1.29, 1.82) is 0 Å². The summed E-state index contributed by atoms with van der Waals surface area (Å²) in [6, 6.07) is 8.02. The van der Waals surface area contributed by atoms with E-state index in [1.165, 1.54) is 5.56 Å². The van der Waals surface area contributed by atoms with E-state index in [2.05, 4.69) is 6.07 Å². The first-order chi connectivity index (χ1) is 8.59. The predicted octanol–water partition coefficient (Wildman–Crippen LogP) is 1.11. The van der Waals surface area contributed by atoms with Gasteiger partial charge in [0, 0.05) is 19.6 Å². The molecule has 2 rings (SSSR count). The molecule has 0 saturated carbocycles. The lowest BCUT2D eigenvalue weighted by Gasteiger charge is -2.30. The molecule has 0 fully saturated rings. The molecule has 4 nitrogen and oxygen atoms in total. The summed E-state index contributed by atoms with van der Waals surface area (Å²) in [5, 5.41) is -0.456. The van der Waals surface area contributed by atoms with Gasteiger partial charge in [0.1, 0.15) is 0 Å². The van der Waals surface area contributed by atoms with Gasteiger partial charge in [-0.1, -0.05) is 31.2 Å². The van der Waals surface area contributed by atoms with Crippen molar-refractivity contribution in [3.8, 4) is 0 Å². The van der Waals surface area contributed by atoms with Crippen LogP contribution in [0.1, 0.15) is 24.5 Å². The molecule has 0 radical (unpaired) electrons. The maximum Gasteiger partial charge on any atom is 0.218 e. The molecule has 0 spiro atoms. The molecule has 18 heavy (non-hydrogen) atoms. The molecule has 0 aromatic heterocycles. The Labute approximate surface area is 109 Å². The number of sulfonamides is 1. The molecule has 0 bridgehead atoms. The van der Waals surface area contributed by atoms with E-state index in [0.717, 1.165) is 12.0 Å². The molecule has 1 aromatic carbocycles. The Bertz CT molecular complexity index is 509. The lowest BCUT2D eigenvalue weighted by molar-refractivity contribution is 0.383. The van der Waals surface area contributed by atoms with Gasteiger partial charge in [-0.25, -0.2) is 8.42 Å². The number of fused-ring (bicyclic) bond motifs is 1. The zero-order valence-corrected chi connectivity index (χ0v) is 11.5. The SMILES string of the molecule is CCC(CN)S(=O)(=O)N1CCc2ccccc2C1. The fourth-order valence-corrected chi connectivity index (χ4v) is 4.15. The van der Waals surface area contributed by atoms with Crippen molar-refractivity contribution < 1.29 is 8.42 Å². The first-order valence-corrected chi connectivity index (χ1v) is 7.85. The van der Waals surface area contributed by atoms with Crippen molar-refractivity contribution in [3.05, 3.63) is 35.4 Å². The first-order valence-electron chi connectivity index (χ1n) is 6.35. The van der Waals surface area contributed by atoms with Crippen molar-refractivity contribution in [2.75, 3.05) is 13.1 Å². The largest absolute Gasteiger partial charge is 0.329 e. The van der Waals surface area contributed by atoms with Crippen LogP contribution in [0.2, 0.25) is 0 Å². The second-order valence-corrected chi connectivity index (χ2v) is 6.88. The highest BCUT2D eigenvalue weighted by Crippen LogP contribution is 2.23. The Morgan fingerprint density at radius 2 is 2.00 bits per heavy atom. The Morgan fingerprint density at radius 3 is 2.61 bits per heavy atom. The lowest BCUT2D eigenvalue weighted by atomic mass is 10.0. The van der Waals surface area contributed by atoms with Crippen LogP contribution < -0.4 is 5.73 Å². The van der Waals surface area contributed by atoms with E-state index in [0.29, 0.717) is 19.5 Å². The summed E-state index contributed by atoms with van der Waals surface area (Å²) in [7, 11) is -3.26. The molecule has 0 saturated heterocycles. The van der Waals surface area contributed by atoms with Crippen molar-refractivity contribution in [2.24, 2.45) is 5.73 Å². The quantitative estimate of drug-likeness (QED) is 0.890. The molecule has 1 aliphatic rings. The summed E-state index contributed by atoms with van der Waals surface area (Å²) in [4.78, 5) is 0. The summed E-state index contributed by atoms with van der Waals surface area (Å²) < 4.78 is 26.4. The molecular weight excluding hydrogens is 248 g/mol. The van der Waals surface area contributed by atoms with Gasteiger partial charge in [0.25, 0.3) is 0 Å². The smallest absolute Gasteiger partial charge is 0.218 e. The molecule has 1 unspecified atom stereocenters. The van der Waals surface area contributed by atoms with Gasteiger partial charge in [0.15, 0.2) is 0 Å². The van der Waals surface area contributed by atoms with Gasteiger partial charge >= 0.3 is 0 Å². The average molecular weight is 268 g/mol. The third kappa shape index (κ3) is 2.43. The molecule has 0 aliphatic carbocycles. The molecular formula is C13H20N2O2S. The second-order valence-electron chi connectivity index (χ2n) is 4.66. The van der Waals surface area contributed by atoms with E-state index in [9.17, 15) is 8.42 Å². The van der Waals surface area contributed by atoms with E-state index < -0.39 is 15.3 Å². The van der Waals surface area contributed by atoms with Crippen LogP contribution in [-0.2, 0) is 23.0 Å². The van der Waals surface area contributed by atoms with Gasteiger partial charge in [-0.2, -0.15) is 4.31 Å². The van der Waals surface area contributed by atoms with Crippen molar-refractivity contribution in [1.82, 2.24) is 4.31 Å². The van der Waals surface area contributed by atoms with Crippen LogP contribution in [0, 0.1) is 0 Å². The van der Waals surface area contributed by atoms with E-state index in [4.69, 9.17) is 5.73 Å². The fraction of sp³-hybridized carbons (Fsp3) is 0.538. The number of rotatable bonds is 4. The van der Waals surface area contributed by atoms with Crippen LogP contribution in [0.25, 0.3) is 0 Å². The monoisotopic (exact) mass is 268 g/mol. The standard InChI is InChI=1S/C13H20N2O2S/c1-2-13(9-14)18(16,17)15-8-7-11-5-3-4-6-12(11)10-15/h3-6,13H,2,7-10,14H2,1H3. The van der Waals surface area contributed by atoms with Gasteiger partial charge in [-0.05, 0) is 24.0 Å². The molecule has 5 heteroatoms. The van der Waals surface area contributed by atoms with Gasteiger partial charge in [-0.3, -0.25) is 0 Å². The Balaban J connectivity index is 2.23. The van der Waals surface area contributed by atoms with Crippen LogP contribution in [0.4, 0.5) is 0 Å². The molecule has 1 atom stereocenters. The number of benzene rings is 1. The average Bonchev–Trinajstić information content (AvgIpc) is 2.39. The normalized spacial score (nSPS) is 18.3.